The Morgan fingerprint density at radius 3 is 0.981 bits per heavy atom. The predicted octanol–water partition coefficient (Wildman–Crippen LogP) is 13.9. The fourth-order valence-electron chi connectivity index (χ4n) is 5.49. The maximum Gasteiger partial charge on any atom is 0.416 e. The van der Waals surface area contributed by atoms with Crippen molar-refractivity contribution in [3.8, 4) is 22.3 Å². The largest absolute Gasteiger partial charge is 0.416 e. The first-order valence-electron chi connectivity index (χ1n) is 15.3. The van der Waals surface area contributed by atoms with Gasteiger partial charge in [-0.2, -0.15) is 64.8 Å². The van der Waals surface area contributed by atoms with Crippen LogP contribution >= 0.6 is 0 Å². The summed E-state index contributed by atoms with van der Waals surface area (Å²) in [7, 11) is 0. The van der Waals surface area contributed by atoms with Gasteiger partial charge in [0.15, 0.2) is 0 Å². The molecule has 6 aromatic rings. The van der Waals surface area contributed by atoms with Crippen molar-refractivity contribution in [2.24, 2.45) is 0 Å². The van der Waals surface area contributed by atoms with Crippen molar-refractivity contribution in [1.29, 1.82) is 0 Å². The average Bonchev–Trinajstić information content (AvgIpc) is 3.59. The number of hydrogen-bond donors (Lipinski definition) is 0. The van der Waals surface area contributed by atoms with Crippen LogP contribution in [-0.2, 0) is 48.0 Å². The van der Waals surface area contributed by atoms with Gasteiger partial charge in [-0.1, -0.05) is 37.1 Å². The number of rotatable bonds is 2. The molecule has 0 fully saturated rings. The molecule has 0 aliphatic rings. The van der Waals surface area contributed by atoms with Crippen LogP contribution in [0.5, 0.6) is 0 Å². The second-order valence-electron chi connectivity index (χ2n) is 12.3. The van der Waals surface area contributed by atoms with Crippen molar-refractivity contribution in [1.82, 2.24) is 0 Å². The molecule has 0 saturated carbocycles. The van der Waals surface area contributed by atoms with Gasteiger partial charge in [0, 0.05) is 0 Å². The second kappa shape index (κ2) is 15.4. The molecule has 0 aliphatic heterocycles. The molecule has 0 radical (unpaired) electrons. The molecule has 272 valence electrons. The van der Waals surface area contributed by atoms with Crippen molar-refractivity contribution in [3.05, 3.63) is 130 Å². The fraction of sp³-hybridized carbons (Fsp3) is 0.211. The SMILES string of the molecule is C[Si](C)=[Zr+2].Cc1cc2c(-c3cc(C(F)(F)F)cc(C(F)(F)F)c3)cccc2[cH-]1.Cc1cc2c(-c3cc(C(F)(F)F)cc(C(F)(F)F)c3)cccc2[cH-]1. The molecule has 0 nitrogen and oxygen atoms in total. The van der Waals surface area contributed by atoms with Crippen LogP contribution in [0.3, 0.4) is 0 Å². The molecule has 0 amide bonds. The normalized spacial score (nSPS) is 12.3. The van der Waals surface area contributed by atoms with Gasteiger partial charge in [-0.3, -0.25) is 0 Å². The van der Waals surface area contributed by atoms with Gasteiger partial charge < -0.3 is 0 Å². The first-order valence-corrected chi connectivity index (χ1v) is 21.5. The van der Waals surface area contributed by atoms with E-state index in [4.69, 9.17) is 0 Å². The maximum absolute atomic E-state index is 13.0. The summed E-state index contributed by atoms with van der Waals surface area (Å²) >= 11 is 1.74. The van der Waals surface area contributed by atoms with E-state index in [9.17, 15) is 52.7 Å². The minimum Gasteiger partial charge on any atom is -0.166 e. The Hall–Kier alpha value is -3.64. The molecular formula is C38H28F12SiZr. The Morgan fingerprint density at radius 2 is 0.731 bits per heavy atom. The molecular weight excluding hydrogens is 804 g/mol. The number of halogens is 12. The summed E-state index contributed by atoms with van der Waals surface area (Å²) in [6.45, 7) is 8.25. The summed E-state index contributed by atoms with van der Waals surface area (Å²) in [4.78, 5) is 0. The zero-order valence-electron chi connectivity index (χ0n) is 27.8. The molecule has 0 aliphatic carbocycles. The monoisotopic (exact) mass is 830 g/mol. The van der Waals surface area contributed by atoms with Crippen LogP contribution in [-0.4, -0.2) is 5.43 Å². The zero-order chi connectivity index (χ0) is 39.0. The number of hydrogen-bond acceptors (Lipinski definition) is 0. The molecule has 14 heteroatoms. The number of fused-ring (bicyclic) bond motifs is 2. The first-order chi connectivity index (χ1) is 23.8. The fourth-order valence-corrected chi connectivity index (χ4v) is 5.49. The third kappa shape index (κ3) is 10.3. The molecule has 6 aromatic carbocycles. The van der Waals surface area contributed by atoms with E-state index in [1.165, 1.54) is 12.1 Å². The number of benzene rings is 4. The van der Waals surface area contributed by atoms with E-state index >= 15 is 0 Å². The smallest absolute Gasteiger partial charge is 0.166 e. The number of aryl methyl sites for hydroxylation is 2. The topological polar surface area (TPSA) is 0 Å². The van der Waals surface area contributed by atoms with Gasteiger partial charge in [-0.15, -0.1) is 69.1 Å². The molecule has 0 bridgehead atoms. The van der Waals surface area contributed by atoms with Gasteiger partial charge in [-0.05, 0) is 47.5 Å². The molecule has 0 spiro atoms. The van der Waals surface area contributed by atoms with E-state index in [2.05, 4.69) is 13.1 Å². The summed E-state index contributed by atoms with van der Waals surface area (Å²) in [6.07, 6.45) is -19.4. The molecule has 0 unspecified atom stereocenters. The van der Waals surface area contributed by atoms with Gasteiger partial charge in [0.1, 0.15) is 0 Å². The third-order valence-corrected chi connectivity index (χ3v) is 7.59. The van der Waals surface area contributed by atoms with E-state index in [0.29, 0.717) is 21.9 Å². The van der Waals surface area contributed by atoms with E-state index in [1.807, 2.05) is 26.0 Å². The van der Waals surface area contributed by atoms with Gasteiger partial charge in [0.2, 0.25) is 0 Å². The van der Waals surface area contributed by atoms with Crippen LogP contribution < -0.4 is 0 Å². The average molecular weight is 832 g/mol. The minimum absolute atomic E-state index is 0.103. The number of alkyl halides is 12. The molecule has 0 atom stereocenters. The van der Waals surface area contributed by atoms with Crippen LogP contribution in [0.15, 0.2) is 97.1 Å². The predicted molar refractivity (Wildman–Crippen MR) is 177 cm³/mol. The Labute approximate surface area is 306 Å². The molecule has 0 N–H and O–H groups in total. The second-order valence-corrected chi connectivity index (χ2v) is 21.6. The van der Waals surface area contributed by atoms with Crippen LogP contribution in [0.2, 0.25) is 13.1 Å². The van der Waals surface area contributed by atoms with Gasteiger partial charge >= 0.3 is 66.6 Å². The van der Waals surface area contributed by atoms with Crippen molar-refractivity contribution in [2.75, 3.05) is 0 Å². The standard InChI is InChI=1S/2C18H11F6.C2H6Si.Zr/c2*1-10-5-11-3-2-4-15(16(11)6-10)12-7-13(17(19,20)21)9-14(8-12)18(22,23)24;1-3-2;/h2*2-9H,1H3;1-2H3;/q2*-1;;+2. The van der Waals surface area contributed by atoms with E-state index in [1.54, 1.807) is 59.7 Å². The summed E-state index contributed by atoms with van der Waals surface area (Å²) in [5.74, 6) is 0. The van der Waals surface area contributed by atoms with Crippen molar-refractivity contribution in [3.63, 3.8) is 0 Å². The Balaban J connectivity index is 0.000000211. The van der Waals surface area contributed by atoms with Gasteiger partial charge in [0.25, 0.3) is 0 Å². The zero-order valence-corrected chi connectivity index (χ0v) is 31.2. The molecule has 52 heavy (non-hydrogen) atoms. The van der Waals surface area contributed by atoms with Gasteiger partial charge in [0.05, 0.1) is 22.3 Å². The van der Waals surface area contributed by atoms with Crippen LogP contribution in [0.25, 0.3) is 43.8 Å². The van der Waals surface area contributed by atoms with E-state index in [0.717, 1.165) is 46.2 Å². The third-order valence-electron chi connectivity index (χ3n) is 7.59. The van der Waals surface area contributed by atoms with Crippen LogP contribution in [0.1, 0.15) is 33.4 Å². The maximum atomic E-state index is 13.0. The summed E-state index contributed by atoms with van der Waals surface area (Å²) in [5.41, 5.74) is -2.78. The van der Waals surface area contributed by atoms with Crippen LogP contribution in [0, 0.1) is 13.8 Å². The molecule has 0 aromatic heterocycles. The quantitative estimate of drug-likeness (QED) is 0.0926. The Kier molecular flexibility index (Phi) is 12.2. The molecule has 6 rings (SSSR count). The van der Waals surface area contributed by atoms with E-state index in [-0.39, 0.29) is 28.7 Å². The van der Waals surface area contributed by atoms with Crippen LogP contribution in [0.4, 0.5) is 52.7 Å². The summed E-state index contributed by atoms with van der Waals surface area (Å²) in [6, 6.07) is 20.3. The summed E-state index contributed by atoms with van der Waals surface area (Å²) in [5, 5.41) is 2.80. The molecule has 0 saturated heterocycles. The van der Waals surface area contributed by atoms with Crippen molar-refractivity contribution < 1.29 is 76.0 Å². The van der Waals surface area contributed by atoms with Crippen molar-refractivity contribution >= 4 is 27.0 Å². The molecule has 0 heterocycles. The summed E-state index contributed by atoms with van der Waals surface area (Å²) < 4.78 is 156. The Morgan fingerprint density at radius 1 is 0.462 bits per heavy atom. The minimum atomic E-state index is -4.86. The van der Waals surface area contributed by atoms with Gasteiger partial charge in [-0.25, -0.2) is 0 Å². The van der Waals surface area contributed by atoms with Crippen molar-refractivity contribution in [2.45, 2.75) is 51.6 Å². The van der Waals surface area contributed by atoms with E-state index < -0.39 is 47.0 Å². The first kappa shape index (κ1) is 41.1. The Bertz CT molecular complexity index is 1990.